The molecule has 0 spiro atoms. The van der Waals surface area contributed by atoms with Gasteiger partial charge < -0.3 is 29.8 Å². The van der Waals surface area contributed by atoms with E-state index in [1.54, 1.807) is 13.8 Å². The molecular weight excluding hydrogens is 277 g/mol. The predicted molar refractivity (Wildman–Crippen MR) is 60.6 cm³/mol. The van der Waals surface area contributed by atoms with Crippen LogP contribution in [0.3, 0.4) is 0 Å². The van der Waals surface area contributed by atoms with Gasteiger partial charge in [-0.3, -0.25) is 4.79 Å². The van der Waals surface area contributed by atoms with E-state index in [4.69, 9.17) is 9.47 Å². The van der Waals surface area contributed by atoms with Gasteiger partial charge in [0.15, 0.2) is 5.79 Å². The first-order valence-electron chi connectivity index (χ1n) is 5.95. The van der Waals surface area contributed by atoms with E-state index in [1.807, 2.05) is 0 Å². The molecule has 8 heteroatoms. The number of hydrogen-bond acceptors (Lipinski definition) is 6. The minimum atomic E-state index is -1.36. The number of hydrogen-bond donors (Lipinski definition) is 2. The number of carbonyl (C=O) groups excluding carboxylic acids is 2. The third kappa shape index (κ3) is 3.35. The van der Waals surface area contributed by atoms with Crippen LogP contribution in [0, 0.1) is 5.92 Å². The van der Waals surface area contributed by atoms with Gasteiger partial charge >= 0.3 is 29.6 Å². The smallest absolute Gasteiger partial charge is 0.549 e. The van der Waals surface area contributed by atoms with Crippen molar-refractivity contribution < 1.29 is 58.8 Å². The van der Waals surface area contributed by atoms with E-state index in [2.05, 4.69) is 5.32 Å². The molecular formula is C12H16NNaO6. The Hall–Kier alpha value is -0.600. The average Bonchev–Trinajstić information content (AvgIpc) is 2.56. The molecule has 20 heavy (non-hydrogen) atoms. The van der Waals surface area contributed by atoms with Crippen molar-refractivity contribution in [2.45, 2.75) is 44.8 Å². The van der Waals surface area contributed by atoms with Crippen LogP contribution >= 0.6 is 0 Å². The van der Waals surface area contributed by atoms with E-state index in [9.17, 15) is 19.8 Å². The van der Waals surface area contributed by atoms with E-state index >= 15 is 0 Å². The molecule has 0 saturated carbocycles. The van der Waals surface area contributed by atoms with Crippen molar-refractivity contribution in [3.8, 4) is 0 Å². The van der Waals surface area contributed by atoms with E-state index in [1.165, 1.54) is 6.92 Å². The fourth-order valence-electron chi connectivity index (χ4n) is 2.48. The normalized spacial score (nSPS) is 34.5. The third-order valence-corrected chi connectivity index (χ3v) is 3.15. The van der Waals surface area contributed by atoms with Gasteiger partial charge in [0.1, 0.15) is 24.0 Å². The molecule has 1 fully saturated rings. The van der Waals surface area contributed by atoms with E-state index in [0.29, 0.717) is 0 Å². The SMILES string of the molecule is CC(=O)N[C@@H]1C(O)=CC(C(=O)[O-])[C@H]2OC(C)(C)O[C@@H]12.[Na+]. The Labute approximate surface area is 138 Å². The summed E-state index contributed by atoms with van der Waals surface area (Å²) < 4.78 is 11.1. The molecule has 0 radical (unpaired) electrons. The van der Waals surface area contributed by atoms with Crippen LogP contribution in [-0.4, -0.2) is 41.0 Å². The van der Waals surface area contributed by atoms with Crippen molar-refractivity contribution in [3.05, 3.63) is 11.8 Å². The molecule has 1 saturated heterocycles. The zero-order valence-electron chi connectivity index (χ0n) is 11.9. The number of aliphatic hydroxyl groups is 1. The second-order valence-electron chi connectivity index (χ2n) is 5.18. The fraction of sp³-hybridized carbons (Fsp3) is 0.667. The van der Waals surface area contributed by atoms with Gasteiger partial charge in [-0.2, -0.15) is 0 Å². The van der Waals surface area contributed by atoms with Gasteiger partial charge in [-0.05, 0) is 19.9 Å². The molecule has 4 atom stereocenters. The van der Waals surface area contributed by atoms with Crippen molar-refractivity contribution in [3.63, 3.8) is 0 Å². The van der Waals surface area contributed by atoms with Crippen LogP contribution in [0.5, 0.6) is 0 Å². The maximum absolute atomic E-state index is 11.1. The quantitative estimate of drug-likeness (QED) is 0.500. The van der Waals surface area contributed by atoms with Crippen molar-refractivity contribution in [2.24, 2.45) is 5.92 Å². The Kier molecular flexibility index (Phi) is 5.26. The van der Waals surface area contributed by atoms with Crippen LogP contribution in [0.15, 0.2) is 11.8 Å². The molecule has 0 aromatic carbocycles. The second-order valence-corrected chi connectivity index (χ2v) is 5.18. The van der Waals surface area contributed by atoms with Crippen molar-refractivity contribution in [2.75, 3.05) is 0 Å². The summed E-state index contributed by atoms with van der Waals surface area (Å²) in [6.45, 7) is 4.58. The topological polar surface area (TPSA) is 108 Å². The maximum Gasteiger partial charge on any atom is 1.00 e. The first kappa shape index (κ1) is 17.5. The van der Waals surface area contributed by atoms with E-state index in [0.717, 1.165) is 6.08 Å². The minimum absolute atomic E-state index is 0. The number of carbonyl (C=O) groups is 2. The molecule has 1 aliphatic heterocycles. The Morgan fingerprint density at radius 1 is 1.35 bits per heavy atom. The number of carboxylic acid groups (broad SMARTS) is 1. The molecule has 1 heterocycles. The molecule has 0 bridgehead atoms. The van der Waals surface area contributed by atoms with Crippen molar-refractivity contribution in [1.82, 2.24) is 5.32 Å². The number of nitrogens with one attached hydrogen (secondary N) is 1. The van der Waals surface area contributed by atoms with Gasteiger partial charge in [0.25, 0.3) is 0 Å². The summed E-state index contributed by atoms with van der Waals surface area (Å²) in [4.78, 5) is 22.2. The molecule has 2 rings (SSSR count). The summed E-state index contributed by atoms with van der Waals surface area (Å²) in [5, 5.41) is 23.5. The second kappa shape index (κ2) is 6.03. The summed E-state index contributed by atoms with van der Waals surface area (Å²) in [5.74, 6) is -4.07. The van der Waals surface area contributed by atoms with E-state index < -0.39 is 35.9 Å². The first-order valence-corrected chi connectivity index (χ1v) is 5.95. The molecule has 1 amide bonds. The van der Waals surface area contributed by atoms with E-state index in [-0.39, 0.29) is 41.2 Å². The Morgan fingerprint density at radius 2 is 1.90 bits per heavy atom. The number of ether oxygens (including phenoxy) is 2. The van der Waals surface area contributed by atoms with Gasteiger partial charge in [-0.15, -0.1) is 0 Å². The Bertz CT molecular complexity index is 449. The number of carboxylic acids is 1. The summed E-state index contributed by atoms with van der Waals surface area (Å²) in [6.07, 6.45) is -0.457. The van der Waals surface area contributed by atoms with Gasteiger partial charge in [0.05, 0.1) is 5.97 Å². The Balaban J connectivity index is 0.00000200. The molecule has 106 valence electrons. The first-order chi connectivity index (χ1) is 8.71. The number of aliphatic carboxylic acids is 1. The zero-order chi connectivity index (χ0) is 14.4. The van der Waals surface area contributed by atoms with Crippen LogP contribution in [0.25, 0.3) is 0 Å². The average molecular weight is 293 g/mol. The summed E-state index contributed by atoms with van der Waals surface area (Å²) in [7, 11) is 0. The zero-order valence-corrected chi connectivity index (χ0v) is 13.9. The minimum Gasteiger partial charge on any atom is -0.549 e. The largest absolute Gasteiger partial charge is 1.00 e. The van der Waals surface area contributed by atoms with Crippen molar-refractivity contribution in [1.29, 1.82) is 0 Å². The molecule has 2 N–H and O–H groups in total. The molecule has 7 nitrogen and oxygen atoms in total. The monoisotopic (exact) mass is 293 g/mol. The van der Waals surface area contributed by atoms with Crippen molar-refractivity contribution >= 4 is 11.9 Å². The number of amides is 1. The fourth-order valence-corrected chi connectivity index (χ4v) is 2.48. The summed E-state index contributed by atoms with van der Waals surface area (Å²) >= 11 is 0. The van der Waals surface area contributed by atoms with Crippen LogP contribution in [0.4, 0.5) is 0 Å². The third-order valence-electron chi connectivity index (χ3n) is 3.15. The maximum atomic E-state index is 11.1. The molecule has 0 aromatic heterocycles. The number of aliphatic hydroxyl groups excluding tert-OH is 1. The number of fused-ring (bicyclic) bond motifs is 1. The molecule has 2 aliphatic rings. The van der Waals surface area contributed by atoms with Crippen LogP contribution in [0.1, 0.15) is 20.8 Å². The predicted octanol–water partition coefficient (Wildman–Crippen LogP) is -4.16. The van der Waals surface area contributed by atoms with Gasteiger partial charge in [-0.1, -0.05) is 0 Å². The van der Waals surface area contributed by atoms with Crippen LogP contribution < -0.4 is 40.0 Å². The Morgan fingerprint density at radius 3 is 2.40 bits per heavy atom. The molecule has 1 aliphatic carbocycles. The van der Waals surface area contributed by atoms with Gasteiger partial charge in [-0.25, -0.2) is 0 Å². The molecule has 1 unspecified atom stereocenters. The number of rotatable bonds is 2. The van der Waals surface area contributed by atoms with Crippen LogP contribution in [0.2, 0.25) is 0 Å². The molecule has 0 aromatic rings. The standard InChI is InChI=1S/C12H17NO6.Na/c1-5(14)13-8-7(15)4-6(11(16)17)9-10(8)19-12(2,3)18-9;/h4,6,8-10,15H,1-3H3,(H,13,14)(H,16,17);/q;+1/p-1/t6?,8-,9-,10+;/m1./s1. The van der Waals surface area contributed by atoms with Crippen LogP contribution in [-0.2, 0) is 19.1 Å². The van der Waals surface area contributed by atoms with Gasteiger partial charge in [0.2, 0.25) is 5.91 Å². The summed E-state index contributed by atoms with van der Waals surface area (Å²) in [5.41, 5.74) is 0. The summed E-state index contributed by atoms with van der Waals surface area (Å²) in [6, 6.07) is -0.820. The van der Waals surface area contributed by atoms with Gasteiger partial charge in [0, 0.05) is 12.8 Å².